The summed E-state index contributed by atoms with van der Waals surface area (Å²) >= 11 is 0. The van der Waals surface area contributed by atoms with Crippen molar-refractivity contribution in [1.29, 1.82) is 0 Å². The van der Waals surface area contributed by atoms with Gasteiger partial charge in [0.15, 0.2) is 0 Å². The molecule has 1 heteroatoms. The van der Waals surface area contributed by atoms with E-state index >= 15 is 0 Å². The van der Waals surface area contributed by atoms with Crippen LogP contribution in [0.1, 0.15) is 156 Å². The maximum absolute atomic E-state index is 2.62. The zero-order valence-corrected chi connectivity index (χ0v) is 34.0. The first-order valence-electron chi connectivity index (χ1n) is 22.9. The Morgan fingerprint density at radius 2 is 0.982 bits per heavy atom. The summed E-state index contributed by atoms with van der Waals surface area (Å²) in [7, 11) is 0. The van der Waals surface area contributed by atoms with E-state index in [1.165, 1.54) is 158 Å². The van der Waals surface area contributed by atoms with Crippen molar-refractivity contribution in [2.45, 2.75) is 133 Å². The molecular formula is C55H61N. The van der Waals surface area contributed by atoms with Crippen LogP contribution in [0.2, 0.25) is 0 Å². The SMILES string of the molecule is CC1(C)c2ccccc2-c2cc(-c3ccc(C4CCCCC4)cc3)c(N(c3ccc(C4CCCCC4)cc3)c3ccc(C4C5CC6CC(C5)CC4C6)cc3)cc21. The normalized spacial score (nSPS) is 26.6. The van der Waals surface area contributed by atoms with Gasteiger partial charge in [-0.1, -0.05) is 125 Å². The van der Waals surface area contributed by atoms with E-state index in [0.29, 0.717) is 11.8 Å². The largest absolute Gasteiger partial charge is 0.310 e. The fourth-order valence-electron chi connectivity index (χ4n) is 13.6. The van der Waals surface area contributed by atoms with Gasteiger partial charge in [0, 0.05) is 22.4 Å². The molecule has 6 saturated carbocycles. The molecule has 6 fully saturated rings. The first-order valence-corrected chi connectivity index (χ1v) is 22.9. The van der Waals surface area contributed by atoms with E-state index in [0.717, 1.165) is 29.6 Å². The Kier molecular flexibility index (Phi) is 8.82. The van der Waals surface area contributed by atoms with E-state index in [9.17, 15) is 0 Å². The highest BCUT2D eigenvalue weighted by Gasteiger charge is 2.48. The minimum absolute atomic E-state index is 0.0795. The van der Waals surface area contributed by atoms with Gasteiger partial charge in [-0.2, -0.15) is 0 Å². The summed E-state index contributed by atoms with van der Waals surface area (Å²) in [6.07, 6.45) is 21.0. The lowest BCUT2D eigenvalue weighted by atomic mass is 9.51. The van der Waals surface area contributed by atoms with Crippen molar-refractivity contribution in [3.05, 3.63) is 137 Å². The average molecular weight is 736 g/mol. The molecule has 5 aromatic rings. The van der Waals surface area contributed by atoms with E-state index in [2.05, 4.69) is 128 Å². The molecule has 0 saturated heterocycles. The van der Waals surface area contributed by atoms with Gasteiger partial charge in [-0.3, -0.25) is 0 Å². The van der Waals surface area contributed by atoms with Crippen LogP contribution in [-0.4, -0.2) is 0 Å². The van der Waals surface area contributed by atoms with Crippen LogP contribution in [0.4, 0.5) is 17.1 Å². The summed E-state index contributed by atoms with van der Waals surface area (Å²) in [5.74, 6) is 5.95. The zero-order valence-electron chi connectivity index (χ0n) is 34.0. The predicted molar refractivity (Wildman–Crippen MR) is 236 cm³/mol. The third-order valence-corrected chi connectivity index (χ3v) is 16.2. The fraction of sp³-hybridized carbons (Fsp3) is 0.455. The number of benzene rings is 5. The smallest absolute Gasteiger partial charge is 0.0543 e. The Hall–Kier alpha value is -4.10. The number of anilines is 3. The Bertz CT molecular complexity index is 2160. The van der Waals surface area contributed by atoms with Crippen LogP contribution in [0.3, 0.4) is 0 Å². The number of fused-ring (bicyclic) bond motifs is 3. The highest BCUT2D eigenvalue weighted by atomic mass is 15.1. The molecule has 12 rings (SSSR count). The molecule has 0 aliphatic heterocycles. The number of nitrogens with zero attached hydrogens (tertiary/aromatic N) is 1. The molecule has 0 heterocycles. The highest BCUT2D eigenvalue weighted by molar-refractivity contribution is 5.94. The van der Waals surface area contributed by atoms with Crippen molar-refractivity contribution in [3.63, 3.8) is 0 Å². The summed E-state index contributed by atoms with van der Waals surface area (Å²) in [6.45, 7) is 4.87. The maximum Gasteiger partial charge on any atom is 0.0543 e. The van der Waals surface area contributed by atoms with Gasteiger partial charge in [0.25, 0.3) is 0 Å². The van der Waals surface area contributed by atoms with Crippen molar-refractivity contribution in [2.24, 2.45) is 23.7 Å². The molecule has 5 aromatic carbocycles. The van der Waals surface area contributed by atoms with E-state index in [4.69, 9.17) is 0 Å². The molecule has 0 aromatic heterocycles. The maximum atomic E-state index is 2.62. The van der Waals surface area contributed by atoms with Crippen molar-refractivity contribution in [1.82, 2.24) is 0 Å². The second-order valence-electron chi connectivity index (χ2n) is 19.9. The van der Waals surface area contributed by atoms with Crippen molar-refractivity contribution < 1.29 is 0 Å². The summed E-state index contributed by atoms with van der Waals surface area (Å²) in [5.41, 5.74) is 16.7. The first kappa shape index (κ1) is 35.1. The molecule has 4 bridgehead atoms. The van der Waals surface area contributed by atoms with Gasteiger partial charge in [0.2, 0.25) is 0 Å². The summed E-state index contributed by atoms with van der Waals surface area (Å²) in [4.78, 5) is 2.62. The van der Waals surface area contributed by atoms with Crippen molar-refractivity contribution >= 4 is 17.1 Å². The lowest BCUT2D eigenvalue weighted by Crippen LogP contribution is -2.43. The van der Waals surface area contributed by atoms with Crippen LogP contribution in [-0.2, 0) is 5.41 Å². The van der Waals surface area contributed by atoms with Gasteiger partial charge in [0.05, 0.1) is 5.69 Å². The molecular weight excluding hydrogens is 675 g/mol. The van der Waals surface area contributed by atoms with Crippen LogP contribution >= 0.6 is 0 Å². The molecule has 0 unspecified atom stereocenters. The molecule has 56 heavy (non-hydrogen) atoms. The van der Waals surface area contributed by atoms with Gasteiger partial charge >= 0.3 is 0 Å². The van der Waals surface area contributed by atoms with Crippen LogP contribution < -0.4 is 4.90 Å². The third-order valence-electron chi connectivity index (χ3n) is 16.2. The predicted octanol–water partition coefficient (Wildman–Crippen LogP) is 15.8. The molecule has 0 N–H and O–H groups in total. The average Bonchev–Trinajstić information content (AvgIpc) is 3.47. The minimum atomic E-state index is -0.0795. The molecule has 7 aliphatic rings. The molecule has 0 atom stereocenters. The lowest BCUT2D eigenvalue weighted by Gasteiger charge is -2.54. The topological polar surface area (TPSA) is 3.24 Å². The van der Waals surface area contributed by atoms with E-state index < -0.39 is 0 Å². The molecule has 0 amide bonds. The molecule has 0 spiro atoms. The fourth-order valence-corrected chi connectivity index (χ4v) is 13.6. The van der Waals surface area contributed by atoms with Gasteiger partial charge in [-0.15, -0.1) is 0 Å². The Morgan fingerprint density at radius 3 is 1.55 bits per heavy atom. The second kappa shape index (κ2) is 14.1. The Labute approximate surface area is 337 Å². The van der Waals surface area contributed by atoms with Crippen molar-refractivity contribution in [2.75, 3.05) is 4.90 Å². The van der Waals surface area contributed by atoms with E-state index in [-0.39, 0.29) is 5.41 Å². The van der Waals surface area contributed by atoms with Gasteiger partial charge in [0.1, 0.15) is 0 Å². The quantitative estimate of drug-likeness (QED) is 0.161. The van der Waals surface area contributed by atoms with Gasteiger partial charge < -0.3 is 4.90 Å². The number of hydrogen-bond donors (Lipinski definition) is 0. The summed E-state index contributed by atoms with van der Waals surface area (Å²) in [5, 5.41) is 0. The van der Waals surface area contributed by atoms with Crippen LogP contribution in [0.5, 0.6) is 0 Å². The van der Waals surface area contributed by atoms with Crippen LogP contribution in [0, 0.1) is 23.7 Å². The highest BCUT2D eigenvalue weighted by Crippen LogP contribution is 2.60. The summed E-state index contributed by atoms with van der Waals surface area (Å²) in [6, 6.07) is 44.0. The second-order valence-corrected chi connectivity index (χ2v) is 19.9. The molecule has 1 nitrogen and oxygen atoms in total. The third kappa shape index (κ3) is 6.01. The van der Waals surface area contributed by atoms with Crippen LogP contribution in [0.25, 0.3) is 22.3 Å². The standard InChI is InChI=1S/C55H61N/c1-55(2)51-16-10-9-15-48(51)50-34-49(42-19-17-40(18-20-42)38-11-5-3-6-12-38)53(35-52(50)55)56(46-25-21-41(22-26-46)39-13-7-4-8-14-39)47-27-23-43(24-28-47)54-44-30-36-29-37(32-44)33-45(54)31-36/h9-10,15-28,34-39,44-45,54H,3-8,11-14,29-33H2,1-2H3. The summed E-state index contributed by atoms with van der Waals surface area (Å²) < 4.78 is 0. The van der Waals surface area contributed by atoms with Gasteiger partial charge in [-0.25, -0.2) is 0 Å². The van der Waals surface area contributed by atoms with E-state index in [1.54, 1.807) is 5.56 Å². The molecule has 286 valence electrons. The van der Waals surface area contributed by atoms with Crippen LogP contribution in [0.15, 0.2) is 109 Å². The number of hydrogen-bond acceptors (Lipinski definition) is 1. The zero-order chi connectivity index (χ0) is 37.4. The minimum Gasteiger partial charge on any atom is -0.310 e. The Balaban J connectivity index is 1.05. The first-order chi connectivity index (χ1) is 27.5. The molecule has 7 aliphatic carbocycles. The lowest BCUT2D eigenvalue weighted by molar-refractivity contribution is -0.00277. The van der Waals surface area contributed by atoms with Gasteiger partial charge in [-0.05, 0) is 180 Å². The molecule has 0 radical (unpaired) electrons. The number of rotatable bonds is 7. The van der Waals surface area contributed by atoms with Crippen molar-refractivity contribution in [3.8, 4) is 22.3 Å². The van der Waals surface area contributed by atoms with E-state index in [1.807, 2.05) is 0 Å². The monoisotopic (exact) mass is 735 g/mol. The Morgan fingerprint density at radius 1 is 0.464 bits per heavy atom.